The molecular weight excluding hydrogens is 785 g/mol. The Bertz CT molecular complexity index is 3740. The van der Waals surface area contributed by atoms with Crippen LogP contribution in [0.5, 0.6) is 0 Å². The number of benzene rings is 11. The van der Waals surface area contributed by atoms with E-state index in [9.17, 15) is 0 Å². The minimum absolute atomic E-state index is 0.438. The van der Waals surface area contributed by atoms with Gasteiger partial charge in [0.05, 0.1) is 16.8 Å². The number of rotatable bonds is 6. The Morgan fingerprint density at radius 1 is 0.246 bits per heavy atom. The van der Waals surface area contributed by atoms with Crippen LogP contribution in [0.4, 0.5) is 0 Å². The maximum atomic E-state index is 5.34. The van der Waals surface area contributed by atoms with Gasteiger partial charge in [0.2, 0.25) is 0 Å². The van der Waals surface area contributed by atoms with E-state index in [4.69, 9.17) is 9.97 Å². The van der Waals surface area contributed by atoms with Gasteiger partial charge in [0.25, 0.3) is 0 Å². The van der Waals surface area contributed by atoms with Crippen LogP contribution in [0.15, 0.2) is 243 Å². The van der Waals surface area contributed by atoms with Crippen molar-refractivity contribution in [1.82, 2.24) is 9.97 Å². The zero-order chi connectivity index (χ0) is 42.9. The monoisotopic (exact) mass is 824 g/mol. The molecule has 2 nitrogen and oxygen atoms in total. The first kappa shape index (κ1) is 37.1. The summed E-state index contributed by atoms with van der Waals surface area (Å²) in [6.45, 7) is 0. The van der Waals surface area contributed by atoms with Crippen molar-refractivity contribution < 1.29 is 0 Å². The van der Waals surface area contributed by atoms with Gasteiger partial charge in [-0.3, -0.25) is 0 Å². The van der Waals surface area contributed by atoms with Crippen molar-refractivity contribution >= 4 is 43.1 Å². The third kappa shape index (κ3) is 5.74. The van der Waals surface area contributed by atoms with Crippen molar-refractivity contribution in [2.45, 2.75) is 5.41 Å². The summed E-state index contributed by atoms with van der Waals surface area (Å²) in [5.41, 5.74) is 14.5. The Kier molecular flexibility index (Phi) is 8.47. The highest BCUT2D eigenvalue weighted by Gasteiger charge is 2.46. The predicted octanol–water partition coefficient (Wildman–Crippen LogP) is 16.1. The lowest BCUT2D eigenvalue weighted by atomic mass is 9.67. The van der Waals surface area contributed by atoms with Gasteiger partial charge in [-0.1, -0.05) is 224 Å². The second-order valence-electron chi connectivity index (χ2n) is 17.2. The largest absolute Gasteiger partial charge is 0.228 e. The lowest BCUT2D eigenvalue weighted by Crippen LogP contribution is -2.28. The molecule has 0 saturated carbocycles. The SMILES string of the molecule is c1ccc(-c2nc(-c3ccc4c5ccccc5c5ccccc5c4c3)cc(-c3ccc(-c4ccc5c(c4)-c4ccccc4C5(c4ccccc4)c4ccccc4)c4ccccc34)n2)cc1. The molecule has 302 valence electrons. The smallest absolute Gasteiger partial charge is 0.160 e. The summed E-state index contributed by atoms with van der Waals surface area (Å²) >= 11 is 0. The fourth-order valence-electron chi connectivity index (χ4n) is 10.9. The number of aromatic nitrogens is 2. The molecule has 1 aliphatic carbocycles. The van der Waals surface area contributed by atoms with Gasteiger partial charge < -0.3 is 0 Å². The molecule has 0 amide bonds. The maximum Gasteiger partial charge on any atom is 0.160 e. The average Bonchev–Trinajstić information content (AvgIpc) is 3.69. The normalized spacial score (nSPS) is 12.7. The van der Waals surface area contributed by atoms with Gasteiger partial charge in [0, 0.05) is 16.7 Å². The molecule has 1 heterocycles. The van der Waals surface area contributed by atoms with Crippen molar-refractivity contribution in [2.24, 2.45) is 0 Å². The number of hydrogen-bond donors (Lipinski definition) is 0. The fourth-order valence-corrected chi connectivity index (χ4v) is 10.9. The van der Waals surface area contributed by atoms with E-state index < -0.39 is 5.41 Å². The molecule has 65 heavy (non-hydrogen) atoms. The molecular formula is C63H40N2. The molecule has 1 aliphatic rings. The minimum atomic E-state index is -0.438. The third-order valence-corrected chi connectivity index (χ3v) is 13.8. The van der Waals surface area contributed by atoms with Gasteiger partial charge in [-0.05, 0) is 106 Å². The van der Waals surface area contributed by atoms with E-state index >= 15 is 0 Å². The number of hydrogen-bond acceptors (Lipinski definition) is 2. The molecule has 13 rings (SSSR count). The van der Waals surface area contributed by atoms with Gasteiger partial charge in [-0.15, -0.1) is 0 Å². The van der Waals surface area contributed by atoms with E-state index in [-0.39, 0.29) is 0 Å². The molecule has 0 bridgehead atoms. The molecule has 0 saturated heterocycles. The zero-order valence-electron chi connectivity index (χ0n) is 35.5. The van der Waals surface area contributed by atoms with E-state index in [1.807, 2.05) is 6.07 Å². The highest BCUT2D eigenvalue weighted by molar-refractivity contribution is 6.25. The molecule has 1 aromatic heterocycles. The molecule has 0 spiro atoms. The molecule has 0 aliphatic heterocycles. The second kappa shape index (κ2) is 14.8. The Balaban J connectivity index is 0.989. The van der Waals surface area contributed by atoms with E-state index in [0.29, 0.717) is 5.82 Å². The van der Waals surface area contributed by atoms with E-state index in [0.717, 1.165) is 33.5 Å². The summed E-state index contributed by atoms with van der Waals surface area (Å²) in [5, 5.41) is 9.80. The highest BCUT2D eigenvalue weighted by atomic mass is 14.9. The highest BCUT2D eigenvalue weighted by Crippen LogP contribution is 2.57. The lowest BCUT2D eigenvalue weighted by Gasteiger charge is -2.33. The van der Waals surface area contributed by atoms with Crippen LogP contribution in [-0.4, -0.2) is 9.97 Å². The molecule has 0 atom stereocenters. The van der Waals surface area contributed by atoms with Crippen molar-refractivity contribution in [3.8, 4) is 56.2 Å². The van der Waals surface area contributed by atoms with Crippen LogP contribution < -0.4 is 0 Å². The summed E-state index contributed by atoms with van der Waals surface area (Å²) in [6.07, 6.45) is 0. The number of nitrogens with zero attached hydrogens (tertiary/aromatic N) is 2. The molecule has 0 fully saturated rings. The molecule has 0 unspecified atom stereocenters. The maximum absolute atomic E-state index is 5.34. The Morgan fingerprint density at radius 2 is 0.723 bits per heavy atom. The Hall–Kier alpha value is -8.46. The lowest BCUT2D eigenvalue weighted by molar-refractivity contribution is 0.768. The molecule has 0 radical (unpaired) electrons. The summed E-state index contributed by atoms with van der Waals surface area (Å²) < 4.78 is 0. The van der Waals surface area contributed by atoms with Crippen LogP contribution in [0.2, 0.25) is 0 Å². The zero-order valence-corrected chi connectivity index (χ0v) is 35.5. The average molecular weight is 825 g/mol. The molecule has 0 N–H and O–H groups in total. The van der Waals surface area contributed by atoms with Crippen LogP contribution in [0.25, 0.3) is 99.2 Å². The van der Waals surface area contributed by atoms with Crippen LogP contribution in [0.3, 0.4) is 0 Å². The summed E-state index contributed by atoms with van der Waals surface area (Å²) in [6, 6.07) is 88.3. The van der Waals surface area contributed by atoms with Gasteiger partial charge in [0.15, 0.2) is 5.82 Å². The summed E-state index contributed by atoms with van der Waals surface area (Å²) in [7, 11) is 0. The van der Waals surface area contributed by atoms with Crippen LogP contribution in [0, 0.1) is 0 Å². The summed E-state index contributed by atoms with van der Waals surface area (Å²) in [5.74, 6) is 0.701. The van der Waals surface area contributed by atoms with Gasteiger partial charge in [0.1, 0.15) is 0 Å². The van der Waals surface area contributed by atoms with E-state index in [1.54, 1.807) is 0 Å². The van der Waals surface area contributed by atoms with Crippen molar-refractivity contribution in [3.05, 3.63) is 265 Å². The predicted molar refractivity (Wildman–Crippen MR) is 271 cm³/mol. The number of fused-ring (bicyclic) bond motifs is 10. The van der Waals surface area contributed by atoms with Crippen molar-refractivity contribution in [3.63, 3.8) is 0 Å². The van der Waals surface area contributed by atoms with Gasteiger partial charge >= 0.3 is 0 Å². The van der Waals surface area contributed by atoms with Crippen LogP contribution in [-0.2, 0) is 5.41 Å². The summed E-state index contributed by atoms with van der Waals surface area (Å²) in [4.78, 5) is 10.6. The van der Waals surface area contributed by atoms with Gasteiger partial charge in [-0.25, -0.2) is 9.97 Å². The first-order valence-electron chi connectivity index (χ1n) is 22.4. The molecule has 11 aromatic carbocycles. The Morgan fingerprint density at radius 3 is 1.38 bits per heavy atom. The van der Waals surface area contributed by atoms with E-state index in [1.165, 1.54) is 82.2 Å². The standard InChI is InChI=1S/C63H40N2/c1-4-18-41(19-5-1)62-64-60(43-32-34-53-50-27-12-11-25-48(50)49-26-13-15-29-52(49)56(53)39-43)40-61(65-62)55-36-35-46(47-24-10-14-28-51(47)55)42-33-37-59-57(38-42)54-30-16-17-31-58(54)63(59,44-20-6-2-7-21-44)45-22-8-3-9-23-45/h1-40H. The van der Waals surface area contributed by atoms with Gasteiger partial charge in [-0.2, -0.15) is 0 Å². The molecule has 2 heteroatoms. The quantitative estimate of drug-likeness (QED) is 0.156. The third-order valence-electron chi connectivity index (χ3n) is 13.8. The Labute approximate surface area is 377 Å². The molecule has 12 aromatic rings. The van der Waals surface area contributed by atoms with Crippen molar-refractivity contribution in [1.29, 1.82) is 0 Å². The fraction of sp³-hybridized carbons (Fsp3) is 0.0159. The van der Waals surface area contributed by atoms with Crippen LogP contribution in [0.1, 0.15) is 22.3 Å². The second-order valence-corrected chi connectivity index (χ2v) is 17.2. The van der Waals surface area contributed by atoms with Crippen LogP contribution >= 0.6 is 0 Å². The first-order valence-corrected chi connectivity index (χ1v) is 22.4. The van der Waals surface area contributed by atoms with E-state index in [2.05, 4.69) is 237 Å². The first-order chi connectivity index (χ1) is 32.2. The minimum Gasteiger partial charge on any atom is -0.228 e. The topological polar surface area (TPSA) is 25.8 Å². The van der Waals surface area contributed by atoms with Crippen molar-refractivity contribution in [2.75, 3.05) is 0 Å².